The first kappa shape index (κ1) is 21.8. The van der Waals surface area contributed by atoms with Crippen LogP contribution in [0.1, 0.15) is 17.0 Å². The number of nitrogens with zero attached hydrogens (tertiary/aromatic N) is 5. The van der Waals surface area contributed by atoms with E-state index >= 15 is 0 Å². The van der Waals surface area contributed by atoms with Gasteiger partial charge in [0.05, 0.1) is 24.1 Å². The number of rotatable bonds is 4. The molecule has 0 spiro atoms. The van der Waals surface area contributed by atoms with Crippen LogP contribution in [-0.4, -0.2) is 30.9 Å². The number of aryl methyl sites for hydroxylation is 1. The van der Waals surface area contributed by atoms with Crippen LogP contribution in [0.4, 0.5) is 0 Å². The Kier molecular flexibility index (Phi) is 4.90. The summed E-state index contributed by atoms with van der Waals surface area (Å²) in [5.74, 6) is 2.02. The normalized spacial score (nSPS) is 12.7. The van der Waals surface area contributed by atoms with Gasteiger partial charge in [-0.1, -0.05) is 41.9 Å². The fraction of sp³-hybridized carbons (Fsp3) is 0.143. The Morgan fingerprint density at radius 3 is 2.32 bits per heavy atom. The summed E-state index contributed by atoms with van der Waals surface area (Å²) < 4.78 is 14.7. The predicted octanol–water partition coefficient (Wildman–Crippen LogP) is 5.08. The first-order valence-corrected chi connectivity index (χ1v) is 12.2. The van der Waals surface area contributed by atoms with Gasteiger partial charge in [-0.2, -0.15) is 0 Å². The highest BCUT2D eigenvalue weighted by atomic mass is 35.5. The maximum Gasteiger partial charge on any atom is 0.265 e. The number of benzene rings is 3. The van der Waals surface area contributed by atoms with E-state index in [2.05, 4.69) is 0 Å². The molecule has 0 unspecified atom stereocenters. The van der Waals surface area contributed by atoms with Crippen LogP contribution in [-0.2, 0) is 13.1 Å². The van der Waals surface area contributed by atoms with Gasteiger partial charge in [-0.25, -0.2) is 15.0 Å². The molecule has 9 heteroatoms. The third-order valence-corrected chi connectivity index (χ3v) is 6.92. The van der Waals surface area contributed by atoms with Crippen molar-refractivity contribution in [3.8, 4) is 11.5 Å². The Morgan fingerprint density at radius 2 is 1.51 bits per heavy atom. The van der Waals surface area contributed by atoms with E-state index in [9.17, 15) is 4.79 Å². The number of hydrogen-bond acceptors (Lipinski definition) is 6. The molecule has 0 saturated heterocycles. The van der Waals surface area contributed by atoms with E-state index in [1.807, 2.05) is 78.2 Å². The molecule has 1 aliphatic heterocycles. The molecule has 1 aliphatic rings. The number of para-hydroxylation sites is 2. The van der Waals surface area contributed by atoms with Gasteiger partial charge in [0, 0.05) is 5.02 Å². The molecule has 0 atom stereocenters. The van der Waals surface area contributed by atoms with Gasteiger partial charge < -0.3 is 14.0 Å². The SMILES string of the molecule is Cc1nc2c(c(=O)n1Cc1ccc(Cl)cc1)c1nc3ccccc3nc1n2Cc1ccc2c(c1)OCO2. The molecule has 0 amide bonds. The van der Waals surface area contributed by atoms with Crippen LogP contribution in [0.15, 0.2) is 71.5 Å². The van der Waals surface area contributed by atoms with E-state index < -0.39 is 0 Å². The molecular weight excluding hydrogens is 490 g/mol. The molecular formula is C28H20ClN5O3. The fourth-order valence-electron chi connectivity index (χ4n) is 4.83. The first-order valence-electron chi connectivity index (χ1n) is 11.8. The first-order chi connectivity index (χ1) is 18.0. The maximum absolute atomic E-state index is 14.0. The number of aromatic nitrogens is 5. The van der Waals surface area contributed by atoms with Crippen molar-refractivity contribution in [2.45, 2.75) is 20.0 Å². The lowest BCUT2D eigenvalue weighted by Gasteiger charge is -2.11. The van der Waals surface area contributed by atoms with Gasteiger partial charge in [-0.05, 0) is 54.4 Å². The zero-order chi connectivity index (χ0) is 25.1. The molecule has 0 N–H and O–H groups in total. The van der Waals surface area contributed by atoms with E-state index in [0.717, 1.165) is 27.9 Å². The second-order valence-electron chi connectivity index (χ2n) is 9.03. The van der Waals surface area contributed by atoms with Crippen molar-refractivity contribution in [1.82, 2.24) is 24.1 Å². The lowest BCUT2D eigenvalue weighted by molar-refractivity contribution is 0.174. The molecule has 3 aromatic carbocycles. The van der Waals surface area contributed by atoms with Gasteiger partial charge in [0.25, 0.3) is 5.56 Å². The molecule has 0 bridgehead atoms. The summed E-state index contributed by atoms with van der Waals surface area (Å²) in [4.78, 5) is 28.7. The van der Waals surface area contributed by atoms with Crippen molar-refractivity contribution in [3.05, 3.63) is 99.1 Å². The van der Waals surface area contributed by atoms with Gasteiger partial charge in [-0.15, -0.1) is 0 Å². The molecule has 0 fully saturated rings. The van der Waals surface area contributed by atoms with E-state index in [0.29, 0.717) is 51.9 Å². The largest absolute Gasteiger partial charge is 0.454 e. The summed E-state index contributed by atoms with van der Waals surface area (Å²) in [7, 11) is 0. The van der Waals surface area contributed by atoms with E-state index in [1.165, 1.54) is 0 Å². The van der Waals surface area contributed by atoms with Gasteiger partial charge in [0.15, 0.2) is 22.8 Å². The molecule has 7 rings (SSSR count). The molecule has 4 heterocycles. The zero-order valence-electron chi connectivity index (χ0n) is 19.8. The van der Waals surface area contributed by atoms with Crippen LogP contribution in [0.5, 0.6) is 11.5 Å². The number of ether oxygens (including phenoxy) is 2. The highest BCUT2D eigenvalue weighted by Crippen LogP contribution is 2.34. The van der Waals surface area contributed by atoms with E-state index in [-0.39, 0.29) is 12.4 Å². The topological polar surface area (TPSA) is 84.1 Å². The Bertz CT molecular complexity index is 1910. The van der Waals surface area contributed by atoms with Crippen LogP contribution < -0.4 is 15.0 Å². The summed E-state index contributed by atoms with van der Waals surface area (Å²) in [5.41, 5.74) is 4.95. The highest BCUT2D eigenvalue weighted by Gasteiger charge is 2.22. The van der Waals surface area contributed by atoms with Gasteiger partial charge in [-0.3, -0.25) is 9.36 Å². The van der Waals surface area contributed by atoms with Crippen LogP contribution in [0.25, 0.3) is 33.2 Å². The molecule has 37 heavy (non-hydrogen) atoms. The Hall–Kier alpha value is -4.43. The summed E-state index contributed by atoms with van der Waals surface area (Å²) in [6.45, 7) is 2.87. The molecule has 6 aromatic rings. The summed E-state index contributed by atoms with van der Waals surface area (Å²) in [5, 5.41) is 1.10. The second kappa shape index (κ2) is 8.31. The van der Waals surface area contributed by atoms with Crippen LogP contribution in [0, 0.1) is 6.92 Å². The Labute approximate surface area is 215 Å². The molecule has 8 nitrogen and oxygen atoms in total. The third kappa shape index (κ3) is 3.60. The molecule has 0 aliphatic carbocycles. The minimum Gasteiger partial charge on any atom is -0.454 e. The second-order valence-corrected chi connectivity index (χ2v) is 9.47. The summed E-state index contributed by atoms with van der Waals surface area (Å²) >= 11 is 6.06. The van der Waals surface area contributed by atoms with Crippen molar-refractivity contribution >= 4 is 44.8 Å². The molecule has 0 saturated carbocycles. The van der Waals surface area contributed by atoms with Gasteiger partial charge in [0.1, 0.15) is 16.7 Å². The van der Waals surface area contributed by atoms with Gasteiger partial charge >= 0.3 is 0 Å². The predicted molar refractivity (Wildman–Crippen MR) is 142 cm³/mol. The number of halogens is 1. The zero-order valence-corrected chi connectivity index (χ0v) is 20.6. The van der Waals surface area contributed by atoms with Gasteiger partial charge in [0.2, 0.25) is 6.79 Å². The lowest BCUT2D eigenvalue weighted by Crippen LogP contribution is -2.24. The molecule has 0 radical (unpaired) electrons. The fourth-order valence-corrected chi connectivity index (χ4v) is 4.95. The minimum atomic E-state index is -0.156. The van der Waals surface area contributed by atoms with Crippen molar-refractivity contribution < 1.29 is 9.47 Å². The maximum atomic E-state index is 14.0. The minimum absolute atomic E-state index is 0.156. The summed E-state index contributed by atoms with van der Waals surface area (Å²) in [6, 6.07) is 20.9. The molecule has 3 aromatic heterocycles. The monoisotopic (exact) mass is 509 g/mol. The van der Waals surface area contributed by atoms with E-state index in [4.69, 9.17) is 36.0 Å². The van der Waals surface area contributed by atoms with Crippen LogP contribution in [0.3, 0.4) is 0 Å². The Balaban J connectivity index is 1.47. The smallest absolute Gasteiger partial charge is 0.265 e. The standard InChI is InChI=1S/C28H20ClN5O3/c1-16-30-26-24(28(35)33(16)13-17-6-9-19(29)10-7-17)25-27(32-21-5-3-2-4-20(21)31-25)34(26)14-18-8-11-22-23(12-18)37-15-36-22/h2-12H,13-15H2,1H3. The van der Waals surface area contributed by atoms with Crippen LogP contribution >= 0.6 is 11.6 Å². The van der Waals surface area contributed by atoms with Crippen molar-refractivity contribution in [1.29, 1.82) is 0 Å². The van der Waals surface area contributed by atoms with E-state index in [1.54, 1.807) is 4.57 Å². The third-order valence-electron chi connectivity index (χ3n) is 6.67. The Morgan fingerprint density at radius 1 is 0.811 bits per heavy atom. The van der Waals surface area contributed by atoms with Crippen molar-refractivity contribution in [2.24, 2.45) is 0 Å². The lowest BCUT2D eigenvalue weighted by atomic mass is 10.2. The summed E-state index contributed by atoms with van der Waals surface area (Å²) in [6.07, 6.45) is 0. The average Bonchev–Trinajstić information content (AvgIpc) is 3.48. The number of fused-ring (bicyclic) bond motifs is 5. The van der Waals surface area contributed by atoms with Crippen LogP contribution in [0.2, 0.25) is 5.02 Å². The average molecular weight is 510 g/mol. The van der Waals surface area contributed by atoms with Crippen molar-refractivity contribution in [2.75, 3.05) is 6.79 Å². The molecule has 182 valence electrons. The highest BCUT2D eigenvalue weighted by molar-refractivity contribution is 6.30. The number of hydrogen-bond donors (Lipinski definition) is 0. The van der Waals surface area contributed by atoms with Crippen molar-refractivity contribution in [3.63, 3.8) is 0 Å². The quantitative estimate of drug-likeness (QED) is 0.329.